The summed E-state index contributed by atoms with van der Waals surface area (Å²) in [5, 5.41) is 5.36. The van der Waals surface area contributed by atoms with Gasteiger partial charge in [-0.2, -0.15) is 0 Å². The van der Waals surface area contributed by atoms with E-state index in [1.54, 1.807) is 13.2 Å². The predicted octanol–water partition coefficient (Wildman–Crippen LogP) is 3.69. The Bertz CT molecular complexity index is 819. The maximum Gasteiger partial charge on any atom is 0.287 e. The highest BCUT2D eigenvalue weighted by molar-refractivity contribution is 9.10. The van der Waals surface area contributed by atoms with Crippen molar-refractivity contribution in [3.63, 3.8) is 0 Å². The van der Waals surface area contributed by atoms with Crippen LogP contribution in [0, 0.1) is 5.92 Å². The van der Waals surface area contributed by atoms with Crippen molar-refractivity contribution in [2.24, 2.45) is 5.92 Å². The molecule has 152 valence electrons. The molecule has 0 saturated carbocycles. The number of halogens is 1. The minimum Gasteiger partial charge on any atom is -0.493 e. The first kappa shape index (κ1) is 21.8. The maximum absolute atomic E-state index is 12.1. The van der Waals surface area contributed by atoms with E-state index in [2.05, 4.69) is 40.4 Å². The van der Waals surface area contributed by atoms with Gasteiger partial charge in [-0.15, -0.1) is 0 Å². The summed E-state index contributed by atoms with van der Waals surface area (Å²) in [6.45, 7) is 6.43. The third kappa shape index (κ3) is 6.30. The lowest BCUT2D eigenvalue weighted by Crippen LogP contribution is -2.37. The van der Waals surface area contributed by atoms with Crippen LogP contribution < -0.4 is 20.1 Å². The molecule has 1 aromatic heterocycles. The van der Waals surface area contributed by atoms with Crippen LogP contribution in [0.15, 0.2) is 39.4 Å². The minimum absolute atomic E-state index is 0.134. The van der Waals surface area contributed by atoms with Gasteiger partial charge in [0, 0.05) is 0 Å². The van der Waals surface area contributed by atoms with Gasteiger partial charge in [-0.3, -0.25) is 9.59 Å². The molecule has 7 nitrogen and oxygen atoms in total. The fourth-order valence-electron chi connectivity index (χ4n) is 2.39. The third-order valence-electron chi connectivity index (χ3n) is 3.84. The molecule has 0 aliphatic rings. The number of carbonyl (C=O) groups is 2. The van der Waals surface area contributed by atoms with Crippen molar-refractivity contribution in [2.45, 2.75) is 26.8 Å². The van der Waals surface area contributed by atoms with Crippen LogP contribution in [0.1, 0.15) is 42.9 Å². The van der Waals surface area contributed by atoms with E-state index in [9.17, 15) is 9.59 Å². The summed E-state index contributed by atoms with van der Waals surface area (Å²) >= 11 is 3.13. The minimum atomic E-state index is -0.457. The van der Waals surface area contributed by atoms with Crippen LogP contribution in [0.5, 0.6) is 11.5 Å². The molecule has 0 aliphatic heterocycles. The van der Waals surface area contributed by atoms with Crippen LogP contribution in [0.2, 0.25) is 0 Å². The lowest BCUT2D eigenvalue weighted by atomic mass is 10.1. The van der Waals surface area contributed by atoms with E-state index in [0.29, 0.717) is 28.7 Å². The first-order valence-corrected chi connectivity index (χ1v) is 9.73. The van der Waals surface area contributed by atoms with Crippen LogP contribution in [0.3, 0.4) is 0 Å². The number of nitrogens with one attached hydrogen (secondary N) is 2. The first-order chi connectivity index (χ1) is 13.3. The molecule has 0 fully saturated rings. The van der Waals surface area contributed by atoms with Gasteiger partial charge in [0.15, 0.2) is 21.9 Å². The van der Waals surface area contributed by atoms with Gasteiger partial charge in [-0.25, -0.2) is 0 Å². The largest absolute Gasteiger partial charge is 0.493 e. The number of furan rings is 1. The molecule has 0 aliphatic carbocycles. The van der Waals surface area contributed by atoms with Crippen LogP contribution in [0.4, 0.5) is 0 Å². The monoisotopic (exact) mass is 452 g/mol. The Kier molecular flexibility index (Phi) is 7.92. The summed E-state index contributed by atoms with van der Waals surface area (Å²) in [6.07, 6.45) is 0. The normalized spacial score (nSPS) is 11.8. The molecule has 1 aromatic carbocycles. The molecule has 0 saturated heterocycles. The van der Waals surface area contributed by atoms with Gasteiger partial charge in [0.05, 0.1) is 26.3 Å². The van der Waals surface area contributed by atoms with Crippen LogP contribution >= 0.6 is 15.9 Å². The van der Waals surface area contributed by atoms with Crippen LogP contribution in [0.25, 0.3) is 0 Å². The van der Waals surface area contributed by atoms with E-state index in [0.717, 1.165) is 5.56 Å². The highest BCUT2D eigenvalue weighted by Gasteiger charge is 2.15. The maximum atomic E-state index is 12.1. The molecule has 2 rings (SSSR count). The molecule has 0 spiro atoms. The summed E-state index contributed by atoms with van der Waals surface area (Å²) in [4.78, 5) is 24.1. The second-order valence-corrected chi connectivity index (χ2v) is 7.47. The average molecular weight is 453 g/mol. The summed E-state index contributed by atoms with van der Waals surface area (Å²) in [7, 11) is 1.58. The Labute approximate surface area is 172 Å². The van der Waals surface area contributed by atoms with Gasteiger partial charge in [-0.1, -0.05) is 19.9 Å². The zero-order valence-electron chi connectivity index (χ0n) is 16.4. The molecule has 2 amide bonds. The fraction of sp³-hybridized carbons (Fsp3) is 0.400. The second-order valence-electron chi connectivity index (χ2n) is 6.69. The lowest BCUT2D eigenvalue weighted by molar-refractivity contribution is -0.120. The topological polar surface area (TPSA) is 89.8 Å². The zero-order valence-corrected chi connectivity index (χ0v) is 18.0. The van der Waals surface area contributed by atoms with Gasteiger partial charge in [0.2, 0.25) is 5.91 Å². The number of ether oxygens (including phenoxy) is 2. The molecule has 1 heterocycles. The van der Waals surface area contributed by atoms with Crippen molar-refractivity contribution in [1.82, 2.24) is 10.6 Å². The van der Waals surface area contributed by atoms with Crippen LogP contribution in [-0.2, 0) is 4.79 Å². The summed E-state index contributed by atoms with van der Waals surface area (Å²) in [5.74, 6) is 1.04. The Morgan fingerprint density at radius 2 is 1.89 bits per heavy atom. The van der Waals surface area contributed by atoms with Crippen molar-refractivity contribution in [3.8, 4) is 11.5 Å². The Hall–Kier alpha value is -2.48. The smallest absolute Gasteiger partial charge is 0.287 e. The molecule has 2 N–H and O–H groups in total. The first-order valence-electron chi connectivity index (χ1n) is 8.93. The highest BCUT2D eigenvalue weighted by atomic mass is 79.9. The molecule has 1 unspecified atom stereocenters. The number of amides is 2. The van der Waals surface area contributed by atoms with Crippen molar-refractivity contribution >= 4 is 27.7 Å². The molecule has 2 aromatic rings. The molecule has 8 heteroatoms. The molecule has 1 atom stereocenters. The third-order valence-corrected chi connectivity index (χ3v) is 4.27. The summed E-state index contributed by atoms with van der Waals surface area (Å²) in [5.41, 5.74) is 0.864. The molecule has 0 radical (unpaired) electrons. The van der Waals surface area contributed by atoms with Crippen molar-refractivity contribution in [3.05, 3.63) is 46.3 Å². The van der Waals surface area contributed by atoms with E-state index in [1.165, 1.54) is 6.07 Å². The highest BCUT2D eigenvalue weighted by Crippen LogP contribution is 2.30. The van der Waals surface area contributed by atoms with E-state index < -0.39 is 5.91 Å². The van der Waals surface area contributed by atoms with Gasteiger partial charge in [0.1, 0.15) is 0 Å². The molecular weight excluding hydrogens is 428 g/mol. The zero-order chi connectivity index (χ0) is 20.7. The standard InChI is InChI=1S/C20H25BrN2O5/c1-12(2)11-27-15-6-5-14(9-17(15)26-4)13(3)23-19(24)10-22-20(25)16-7-8-18(21)28-16/h5-9,12-13H,10-11H2,1-4H3,(H,22,25)(H,23,24). The Balaban J connectivity index is 1.91. The lowest BCUT2D eigenvalue weighted by Gasteiger charge is -2.18. The fourth-order valence-corrected chi connectivity index (χ4v) is 2.70. The number of rotatable bonds is 9. The van der Waals surface area contributed by atoms with Gasteiger partial charge < -0.3 is 24.5 Å². The quantitative estimate of drug-likeness (QED) is 0.605. The van der Waals surface area contributed by atoms with E-state index >= 15 is 0 Å². The van der Waals surface area contributed by atoms with Crippen LogP contribution in [-0.4, -0.2) is 32.1 Å². The van der Waals surface area contributed by atoms with Crippen molar-refractivity contribution < 1.29 is 23.5 Å². The Morgan fingerprint density at radius 3 is 2.50 bits per heavy atom. The van der Waals surface area contributed by atoms with Gasteiger partial charge in [0.25, 0.3) is 5.91 Å². The van der Waals surface area contributed by atoms with E-state index in [-0.39, 0.29) is 24.3 Å². The van der Waals surface area contributed by atoms with Crippen molar-refractivity contribution in [1.29, 1.82) is 0 Å². The predicted molar refractivity (Wildman–Crippen MR) is 109 cm³/mol. The summed E-state index contributed by atoms with van der Waals surface area (Å²) in [6, 6.07) is 8.40. The average Bonchev–Trinajstić information content (AvgIpc) is 3.10. The summed E-state index contributed by atoms with van der Waals surface area (Å²) < 4.78 is 16.7. The van der Waals surface area contributed by atoms with E-state index in [1.807, 2.05) is 25.1 Å². The molecular formula is C20H25BrN2O5. The number of hydrogen-bond acceptors (Lipinski definition) is 5. The number of carbonyl (C=O) groups excluding carboxylic acids is 2. The van der Waals surface area contributed by atoms with Gasteiger partial charge in [-0.05, 0) is 58.6 Å². The van der Waals surface area contributed by atoms with Gasteiger partial charge >= 0.3 is 0 Å². The molecule has 28 heavy (non-hydrogen) atoms. The SMILES string of the molecule is COc1cc(C(C)NC(=O)CNC(=O)c2ccc(Br)o2)ccc1OCC(C)C. The molecule has 0 bridgehead atoms. The number of hydrogen-bond donors (Lipinski definition) is 2. The number of methoxy groups -OCH3 is 1. The van der Waals surface area contributed by atoms with Crippen molar-refractivity contribution in [2.75, 3.05) is 20.3 Å². The van der Waals surface area contributed by atoms with E-state index in [4.69, 9.17) is 13.9 Å². The Morgan fingerprint density at radius 1 is 1.14 bits per heavy atom. The number of benzene rings is 1. The second kappa shape index (κ2) is 10.2.